The van der Waals surface area contributed by atoms with Crippen LogP contribution >= 0.6 is 23.5 Å². The smallest absolute Gasteiger partial charge is 0.251 e. The van der Waals surface area contributed by atoms with E-state index in [0.29, 0.717) is 17.1 Å². The summed E-state index contributed by atoms with van der Waals surface area (Å²) in [5.41, 5.74) is -0.541. The maximum atomic E-state index is 12.2. The van der Waals surface area contributed by atoms with E-state index >= 15 is 0 Å². The van der Waals surface area contributed by atoms with Crippen LogP contribution in [0.15, 0.2) is 29.2 Å². The maximum Gasteiger partial charge on any atom is 0.251 e. The van der Waals surface area contributed by atoms with Crippen molar-refractivity contribution < 1.29 is 18.3 Å². The molecule has 1 heterocycles. The standard InChI is InChI=1S/C15H22N2O4S3/c1-17(2)24(20,21)13-5-3-12(4-6-13)14(18)16-9-15(19)10-22-7-8-23-11-15/h3-6,19H,7-11H2,1-2H3,(H,16,18). The van der Waals surface area contributed by atoms with Gasteiger partial charge in [-0.15, -0.1) is 0 Å². The Balaban J connectivity index is 2.00. The van der Waals surface area contributed by atoms with E-state index in [0.717, 1.165) is 15.8 Å². The SMILES string of the molecule is CN(C)S(=O)(=O)c1ccc(C(=O)NCC2(O)CSCCSC2)cc1. The van der Waals surface area contributed by atoms with E-state index in [1.54, 1.807) is 23.5 Å². The number of thioether (sulfide) groups is 2. The molecule has 134 valence electrons. The van der Waals surface area contributed by atoms with E-state index < -0.39 is 15.6 Å². The van der Waals surface area contributed by atoms with Crippen LogP contribution in [0.3, 0.4) is 0 Å². The molecule has 1 fully saturated rings. The van der Waals surface area contributed by atoms with E-state index in [2.05, 4.69) is 5.32 Å². The molecule has 24 heavy (non-hydrogen) atoms. The van der Waals surface area contributed by atoms with Crippen molar-refractivity contribution in [2.24, 2.45) is 0 Å². The first-order valence-corrected chi connectivity index (χ1v) is 11.2. The van der Waals surface area contributed by atoms with Crippen LogP contribution in [0.25, 0.3) is 0 Å². The number of hydrogen-bond donors (Lipinski definition) is 2. The van der Waals surface area contributed by atoms with Crippen LogP contribution < -0.4 is 5.32 Å². The fraction of sp³-hybridized carbons (Fsp3) is 0.533. The first kappa shape index (κ1) is 19.6. The number of hydrogen-bond acceptors (Lipinski definition) is 6. The molecule has 0 atom stereocenters. The minimum absolute atomic E-state index is 0.138. The van der Waals surface area contributed by atoms with Crippen molar-refractivity contribution in [2.75, 3.05) is 43.7 Å². The number of carbonyl (C=O) groups excluding carboxylic acids is 1. The van der Waals surface area contributed by atoms with Crippen molar-refractivity contribution in [3.05, 3.63) is 29.8 Å². The van der Waals surface area contributed by atoms with Crippen molar-refractivity contribution in [3.63, 3.8) is 0 Å². The summed E-state index contributed by atoms with van der Waals surface area (Å²) in [6, 6.07) is 5.78. The molecule has 1 saturated heterocycles. The Morgan fingerprint density at radius 1 is 1.21 bits per heavy atom. The predicted molar refractivity (Wildman–Crippen MR) is 99.2 cm³/mol. The van der Waals surface area contributed by atoms with Crippen LogP contribution in [0.1, 0.15) is 10.4 Å². The molecule has 0 spiro atoms. The molecule has 0 aromatic heterocycles. The fourth-order valence-corrected chi connectivity index (χ4v) is 5.55. The predicted octanol–water partition coefficient (Wildman–Crippen LogP) is 0.878. The van der Waals surface area contributed by atoms with Crippen LogP contribution in [0.2, 0.25) is 0 Å². The summed E-state index contributed by atoms with van der Waals surface area (Å²) in [7, 11) is -0.591. The molecule has 1 aromatic rings. The van der Waals surface area contributed by atoms with Crippen LogP contribution in [-0.4, -0.2) is 73.0 Å². The second-order valence-electron chi connectivity index (χ2n) is 5.82. The normalized spacial score (nSPS) is 18.2. The second kappa shape index (κ2) is 8.09. The lowest BCUT2D eigenvalue weighted by molar-refractivity contribution is 0.0753. The highest BCUT2D eigenvalue weighted by Crippen LogP contribution is 2.24. The van der Waals surface area contributed by atoms with Crippen LogP contribution in [0.4, 0.5) is 0 Å². The number of aliphatic hydroxyl groups is 1. The highest BCUT2D eigenvalue weighted by atomic mass is 32.2. The molecule has 9 heteroatoms. The van der Waals surface area contributed by atoms with Gasteiger partial charge in [-0.3, -0.25) is 4.79 Å². The van der Waals surface area contributed by atoms with Crippen molar-refractivity contribution >= 4 is 39.5 Å². The molecule has 6 nitrogen and oxygen atoms in total. The minimum atomic E-state index is -3.51. The molecule has 1 amide bonds. The third kappa shape index (κ3) is 4.89. The molecule has 2 rings (SSSR count). The third-order valence-corrected chi connectivity index (χ3v) is 8.14. The van der Waals surface area contributed by atoms with Crippen LogP contribution in [0, 0.1) is 0 Å². The number of carbonyl (C=O) groups is 1. The molecular formula is C15H22N2O4S3. The fourth-order valence-electron chi connectivity index (χ4n) is 2.12. The monoisotopic (exact) mass is 390 g/mol. The molecule has 0 aliphatic carbocycles. The van der Waals surface area contributed by atoms with Gasteiger partial charge in [0.25, 0.3) is 5.91 Å². The Bertz CT molecular complexity index is 666. The number of sulfonamides is 1. The summed E-state index contributed by atoms with van der Waals surface area (Å²) in [6.45, 7) is 0.184. The number of amides is 1. The quantitative estimate of drug-likeness (QED) is 0.776. The van der Waals surface area contributed by atoms with Crippen molar-refractivity contribution in [3.8, 4) is 0 Å². The van der Waals surface area contributed by atoms with Crippen molar-refractivity contribution in [1.82, 2.24) is 9.62 Å². The van der Waals surface area contributed by atoms with Gasteiger partial charge in [0.2, 0.25) is 10.0 Å². The van der Waals surface area contributed by atoms with Gasteiger partial charge in [0, 0.05) is 49.2 Å². The number of nitrogens with zero attached hydrogens (tertiary/aromatic N) is 1. The number of benzene rings is 1. The highest BCUT2D eigenvalue weighted by molar-refractivity contribution is 8.03. The Kier molecular flexibility index (Phi) is 6.60. The van der Waals surface area contributed by atoms with E-state index in [4.69, 9.17) is 0 Å². The lowest BCUT2D eigenvalue weighted by Gasteiger charge is -2.25. The molecule has 1 aromatic carbocycles. The topological polar surface area (TPSA) is 86.7 Å². The van der Waals surface area contributed by atoms with Crippen molar-refractivity contribution in [2.45, 2.75) is 10.5 Å². The van der Waals surface area contributed by atoms with Gasteiger partial charge in [-0.2, -0.15) is 23.5 Å². The molecule has 2 N–H and O–H groups in total. The van der Waals surface area contributed by atoms with Crippen molar-refractivity contribution in [1.29, 1.82) is 0 Å². The summed E-state index contributed by atoms with van der Waals surface area (Å²) in [4.78, 5) is 12.4. The summed E-state index contributed by atoms with van der Waals surface area (Å²) in [5.74, 6) is 2.88. The molecular weight excluding hydrogens is 368 g/mol. The summed E-state index contributed by atoms with van der Waals surface area (Å²) in [6.07, 6.45) is 0. The molecule has 0 bridgehead atoms. The van der Waals surface area contributed by atoms with E-state index in [9.17, 15) is 18.3 Å². The molecule has 1 aliphatic rings. The average Bonchev–Trinajstić information content (AvgIpc) is 2.78. The second-order valence-corrected chi connectivity index (χ2v) is 10.2. The third-order valence-electron chi connectivity index (χ3n) is 3.59. The van der Waals surface area contributed by atoms with Gasteiger partial charge in [0.1, 0.15) is 0 Å². The molecule has 0 radical (unpaired) electrons. The number of rotatable bonds is 5. The van der Waals surface area contributed by atoms with Gasteiger partial charge in [-0.1, -0.05) is 0 Å². The van der Waals surface area contributed by atoms with Gasteiger partial charge in [0.05, 0.1) is 10.5 Å². The van der Waals surface area contributed by atoms with Gasteiger partial charge in [0.15, 0.2) is 0 Å². The van der Waals surface area contributed by atoms with Crippen LogP contribution in [0.5, 0.6) is 0 Å². The zero-order valence-corrected chi connectivity index (χ0v) is 16.1. The maximum absolute atomic E-state index is 12.2. The average molecular weight is 391 g/mol. The first-order chi connectivity index (χ1) is 11.2. The number of nitrogens with one attached hydrogen (secondary N) is 1. The largest absolute Gasteiger partial charge is 0.386 e. The zero-order valence-electron chi connectivity index (χ0n) is 13.7. The lowest BCUT2D eigenvalue weighted by Crippen LogP contribution is -2.46. The van der Waals surface area contributed by atoms with Gasteiger partial charge in [-0.25, -0.2) is 12.7 Å². The lowest BCUT2D eigenvalue weighted by atomic mass is 10.1. The Morgan fingerprint density at radius 3 is 2.25 bits per heavy atom. The summed E-state index contributed by atoms with van der Waals surface area (Å²) < 4.78 is 25.1. The Morgan fingerprint density at radius 2 is 1.75 bits per heavy atom. The Hall–Kier alpha value is -0.740. The van der Waals surface area contributed by atoms with Gasteiger partial charge >= 0.3 is 0 Å². The summed E-state index contributed by atoms with van der Waals surface area (Å²) >= 11 is 3.37. The zero-order chi connectivity index (χ0) is 17.8. The summed E-state index contributed by atoms with van der Waals surface area (Å²) in [5, 5.41) is 13.3. The van der Waals surface area contributed by atoms with Crippen LogP contribution in [-0.2, 0) is 10.0 Å². The molecule has 0 saturated carbocycles. The molecule has 1 aliphatic heterocycles. The van der Waals surface area contributed by atoms with E-state index in [1.165, 1.54) is 38.4 Å². The van der Waals surface area contributed by atoms with E-state index in [-0.39, 0.29) is 17.3 Å². The van der Waals surface area contributed by atoms with Gasteiger partial charge < -0.3 is 10.4 Å². The Labute approximate surface area is 151 Å². The van der Waals surface area contributed by atoms with E-state index in [1.807, 2.05) is 0 Å². The molecule has 0 unspecified atom stereocenters. The first-order valence-electron chi connectivity index (χ1n) is 7.43. The van der Waals surface area contributed by atoms with Gasteiger partial charge in [-0.05, 0) is 24.3 Å². The highest BCUT2D eigenvalue weighted by Gasteiger charge is 2.29. The minimum Gasteiger partial charge on any atom is -0.386 e.